The van der Waals surface area contributed by atoms with Crippen LogP contribution < -0.4 is 4.74 Å². The summed E-state index contributed by atoms with van der Waals surface area (Å²) in [6.07, 6.45) is 6.64. The van der Waals surface area contributed by atoms with Gasteiger partial charge in [-0.25, -0.2) is 4.79 Å². The molecule has 1 aromatic heterocycles. The smallest absolute Gasteiger partial charge is 0.328 e. The molecule has 2 atom stereocenters. The minimum absolute atomic E-state index is 0.154. The molecule has 1 aliphatic rings. The Hall–Kier alpha value is -1.88. The van der Waals surface area contributed by atoms with Crippen LogP contribution in [0.1, 0.15) is 25.5 Å². The van der Waals surface area contributed by atoms with E-state index in [0.717, 1.165) is 18.9 Å². The third kappa shape index (κ3) is 4.37. The van der Waals surface area contributed by atoms with Crippen molar-refractivity contribution in [3.8, 4) is 5.75 Å². The second-order valence-corrected chi connectivity index (χ2v) is 4.55. The van der Waals surface area contributed by atoms with Crippen molar-refractivity contribution < 1.29 is 19.4 Å². The quantitative estimate of drug-likeness (QED) is 0.824. The third-order valence-electron chi connectivity index (χ3n) is 2.91. The summed E-state index contributed by atoms with van der Waals surface area (Å²) in [6.45, 7) is 2.58. The molecule has 0 amide bonds. The van der Waals surface area contributed by atoms with Gasteiger partial charge in [-0.15, -0.1) is 0 Å². The molecule has 1 fully saturated rings. The average Bonchev–Trinajstić information content (AvgIpc) is 2.81. The van der Waals surface area contributed by atoms with Crippen LogP contribution in [0.3, 0.4) is 0 Å². The van der Waals surface area contributed by atoms with E-state index in [9.17, 15) is 4.79 Å². The maximum atomic E-state index is 10.4. The number of pyridine rings is 1. The maximum Gasteiger partial charge on any atom is 0.328 e. The Balaban J connectivity index is 1.83. The predicted molar refractivity (Wildman–Crippen MR) is 70.0 cm³/mol. The van der Waals surface area contributed by atoms with Gasteiger partial charge in [0.05, 0.1) is 24.1 Å². The number of hydrogen-bond donors (Lipinski definition) is 1. The molecule has 0 saturated carbocycles. The van der Waals surface area contributed by atoms with E-state index >= 15 is 0 Å². The van der Waals surface area contributed by atoms with Crippen molar-refractivity contribution in [2.45, 2.75) is 32.0 Å². The normalized spacial score (nSPS) is 22.8. The lowest BCUT2D eigenvalue weighted by Crippen LogP contribution is -2.17. The number of aliphatic carboxylic acids is 1. The highest BCUT2D eigenvalue weighted by Crippen LogP contribution is 2.20. The van der Waals surface area contributed by atoms with Gasteiger partial charge in [-0.05, 0) is 38.0 Å². The first kappa shape index (κ1) is 13.5. The third-order valence-corrected chi connectivity index (χ3v) is 2.91. The van der Waals surface area contributed by atoms with Crippen LogP contribution in [-0.2, 0) is 9.53 Å². The molecule has 0 radical (unpaired) electrons. The van der Waals surface area contributed by atoms with E-state index < -0.39 is 5.97 Å². The van der Waals surface area contributed by atoms with Gasteiger partial charge in [-0.3, -0.25) is 4.98 Å². The Kier molecular flexibility index (Phi) is 4.52. The molecular formula is C14H17NO4. The van der Waals surface area contributed by atoms with Gasteiger partial charge < -0.3 is 14.6 Å². The summed E-state index contributed by atoms with van der Waals surface area (Å²) < 4.78 is 11.2. The van der Waals surface area contributed by atoms with Crippen LogP contribution in [0.5, 0.6) is 5.75 Å². The molecule has 0 aromatic carbocycles. The lowest BCUT2D eigenvalue weighted by molar-refractivity contribution is -0.131. The number of nitrogens with zero attached hydrogens (tertiary/aromatic N) is 1. The number of ether oxygens (including phenoxy) is 2. The molecule has 2 rings (SSSR count). The second-order valence-electron chi connectivity index (χ2n) is 4.55. The number of carboxylic acid groups (broad SMARTS) is 1. The van der Waals surface area contributed by atoms with E-state index in [1.807, 2.05) is 0 Å². The Bertz CT molecular complexity index is 455. The largest absolute Gasteiger partial charge is 0.489 e. The minimum atomic E-state index is -0.991. The summed E-state index contributed by atoms with van der Waals surface area (Å²) in [6, 6.07) is 3.49. The van der Waals surface area contributed by atoms with E-state index in [0.29, 0.717) is 24.2 Å². The van der Waals surface area contributed by atoms with Crippen molar-refractivity contribution in [2.75, 3.05) is 6.61 Å². The molecule has 1 aliphatic heterocycles. The van der Waals surface area contributed by atoms with E-state index in [-0.39, 0.29) is 6.10 Å². The average molecular weight is 263 g/mol. The molecule has 2 unspecified atom stereocenters. The summed E-state index contributed by atoms with van der Waals surface area (Å²) in [5.74, 6) is -0.328. The molecule has 0 aliphatic carbocycles. The van der Waals surface area contributed by atoms with Crippen LogP contribution in [0.4, 0.5) is 0 Å². The minimum Gasteiger partial charge on any atom is -0.489 e. The predicted octanol–water partition coefficient (Wildman–Crippen LogP) is 2.13. The molecule has 2 heterocycles. The zero-order valence-corrected chi connectivity index (χ0v) is 10.8. The fraction of sp³-hybridized carbons (Fsp3) is 0.429. The van der Waals surface area contributed by atoms with E-state index in [1.54, 1.807) is 18.3 Å². The standard InChI is InChI=1S/C14H17NO4/c1-10-2-5-13(19-10)9-18-12-6-3-11(15-8-12)4-7-14(16)17/h3-4,6-8,10,13H,2,5,9H2,1H3,(H,16,17)/b7-4+. The van der Waals surface area contributed by atoms with Crippen LogP contribution in [0, 0.1) is 0 Å². The summed E-state index contributed by atoms with van der Waals surface area (Å²) in [5.41, 5.74) is 0.584. The zero-order chi connectivity index (χ0) is 13.7. The van der Waals surface area contributed by atoms with Gasteiger partial charge in [0.15, 0.2) is 0 Å². The molecular weight excluding hydrogens is 246 g/mol. The summed E-state index contributed by atoms with van der Waals surface area (Å²) in [5, 5.41) is 8.50. The van der Waals surface area contributed by atoms with E-state index in [1.165, 1.54) is 6.08 Å². The second kappa shape index (κ2) is 6.33. The number of rotatable bonds is 5. The van der Waals surface area contributed by atoms with E-state index in [4.69, 9.17) is 14.6 Å². The lowest BCUT2D eigenvalue weighted by atomic mass is 10.2. The first-order valence-electron chi connectivity index (χ1n) is 6.29. The highest BCUT2D eigenvalue weighted by Gasteiger charge is 2.22. The number of aromatic nitrogens is 1. The van der Waals surface area contributed by atoms with Crippen LogP contribution in [0.2, 0.25) is 0 Å². The van der Waals surface area contributed by atoms with Crippen molar-refractivity contribution in [3.05, 3.63) is 30.1 Å². The van der Waals surface area contributed by atoms with Gasteiger partial charge in [-0.2, -0.15) is 0 Å². The van der Waals surface area contributed by atoms with Crippen LogP contribution in [0.25, 0.3) is 6.08 Å². The molecule has 0 bridgehead atoms. The van der Waals surface area contributed by atoms with Gasteiger partial charge in [0.25, 0.3) is 0 Å². The maximum absolute atomic E-state index is 10.4. The molecule has 0 spiro atoms. The number of hydrogen-bond acceptors (Lipinski definition) is 4. The monoisotopic (exact) mass is 263 g/mol. The van der Waals surface area contributed by atoms with Crippen molar-refractivity contribution in [1.29, 1.82) is 0 Å². The molecule has 1 saturated heterocycles. The van der Waals surface area contributed by atoms with Gasteiger partial charge in [-0.1, -0.05) is 0 Å². The zero-order valence-electron chi connectivity index (χ0n) is 10.8. The van der Waals surface area contributed by atoms with Gasteiger partial charge in [0.2, 0.25) is 0 Å². The Morgan fingerprint density at radius 3 is 3.00 bits per heavy atom. The molecule has 1 aromatic rings. The van der Waals surface area contributed by atoms with Crippen LogP contribution in [-0.4, -0.2) is 34.9 Å². The fourth-order valence-corrected chi connectivity index (χ4v) is 1.93. The highest BCUT2D eigenvalue weighted by molar-refractivity contribution is 5.84. The van der Waals surface area contributed by atoms with Gasteiger partial charge in [0, 0.05) is 6.08 Å². The summed E-state index contributed by atoms with van der Waals surface area (Å²) >= 11 is 0. The Morgan fingerprint density at radius 2 is 2.42 bits per heavy atom. The van der Waals surface area contributed by atoms with Gasteiger partial charge in [0.1, 0.15) is 12.4 Å². The van der Waals surface area contributed by atoms with Crippen LogP contribution in [0.15, 0.2) is 24.4 Å². The van der Waals surface area contributed by atoms with Crippen molar-refractivity contribution in [1.82, 2.24) is 4.98 Å². The molecule has 102 valence electrons. The van der Waals surface area contributed by atoms with Gasteiger partial charge >= 0.3 is 5.97 Å². The number of carbonyl (C=O) groups is 1. The summed E-state index contributed by atoms with van der Waals surface area (Å²) in [7, 11) is 0. The molecule has 5 nitrogen and oxygen atoms in total. The fourth-order valence-electron chi connectivity index (χ4n) is 1.93. The SMILES string of the molecule is CC1CCC(COc2ccc(/C=C/C(=O)O)nc2)O1. The highest BCUT2D eigenvalue weighted by atomic mass is 16.5. The van der Waals surface area contributed by atoms with Crippen molar-refractivity contribution in [2.24, 2.45) is 0 Å². The lowest BCUT2D eigenvalue weighted by Gasteiger charge is -2.12. The van der Waals surface area contributed by atoms with E-state index in [2.05, 4.69) is 11.9 Å². The Morgan fingerprint density at radius 1 is 1.58 bits per heavy atom. The first-order valence-corrected chi connectivity index (χ1v) is 6.29. The molecule has 19 heavy (non-hydrogen) atoms. The number of carboxylic acids is 1. The van der Waals surface area contributed by atoms with Crippen molar-refractivity contribution >= 4 is 12.0 Å². The first-order chi connectivity index (χ1) is 9.13. The molecule has 5 heteroatoms. The van der Waals surface area contributed by atoms with Crippen LogP contribution >= 0.6 is 0 Å². The Labute approximate surface area is 111 Å². The molecule has 1 N–H and O–H groups in total. The van der Waals surface area contributed by atoms with Crippen molar-refractivity contribution in [3.63, 3.8) is 0 Å². The summed E-state index contributed by atoms with van der Waals surface area (Å²) in [4.78, 5) is 14.5. The topological polar surface area (TPSA) is 68.7 Å².